The van der Waals surface area contributed by atoms with Crippen molar-refractivity contribution in [3.8, 4) is 0 Å². The number of benzene rings is 2. The second kappa shape index (κ2) is 9.76. The molecular weight excluding hydrogens is 454 g/mol. The number of nitrogens with zero attached hydrogens (tertiary/aromatic N) is 1. The topological polar surface area (TPSA) is 78.5 Å². The van der Waals surface area contributed by atoms with Gasteiger partial charge in [0, 0.05) is 23.1 Å². The van der Waals surface area contributed by atoms with Crippen LogP contribution in [-0.2, 0) is 4.79 Å². The van der Waals surface area contributed by atoms with Crippen LogP contribution in [0.2, 0.25) is 0 Å². The minimum atomic E-state index is -0.243. The molecule has 0 saturated heterocycles. The number of fused-ring (bicyclic) bond motifs is 1. The molecule has 0 atom stereocenters. The monoisotopic (exact) mass is 473 g/mol. The number of anilines is 1. The fourth-order valence-electron chi connectivity index (χ4n) is 3.06. The van der Waals surface area contributed by atoms with E-state index < -0.39 is 0 Å². The van der Waals surface area contributed by atoms with Crippen LogP contribution in [0.25, 0.3) is 0 Å². The summed E-state index contributed by atoms with van der Waals surface area (Å²) in [6.07, 6.45) is 2.36. The van der Waals surface area contributed by atoms with Crippen LogP contribution in [0.3, 0.4) is 0 Å². The zero-order valence-electron chi connectivity index (χ0n) is 15.6. The summed E-state index contributed by atoms with van der Waals surface area (Å²) in [7, 11) is 0. The molecule has 29 heavy (non-hydrogen) atoms. The molecule has 1 aliphatic heterocycles. The first-order chi connectivity index (χ1) is 14.0. The first-order valence-corrected chi connectivity index (χ1v) is 10.5. The third-order valence-corrected chi connectivity index (χ3v) is 5.25. The number of halogens is 1. The first kappa shape index (κ1) is 21.1. The van der Waals surface area contributed by atoms with Crippen molar-refractivity contribution >= 4 is 56.7 Å². The van der Waals surface area contributed by atoms with Gasteiger partial charge in [-0.3, -0.25) is 19.3 Å². The lowest BCUT2D eigenvalue weighted by Gasteiger charge is -2.13. The minimum absolute atomic E-state index is 0.166. The smallest absolute Gasteiger partial charge is 0.261 e. The van der Waals surface area contributed by atoms with E-state index in [9.17, 15) is 14.4 Å². The summed E-state index contributed by atoms with van der Waals surface area (Å²) < 4.78 is 0.958. The van der Waals surface area contributed by atoms with Crippen LogP contribution in [-0.4, -0.2) is 34.3 Å². The molecule has 3 amide bonds. The zero-order chi connectivity index (χ0) is 20.8. The molecule has 0 bridgehead atoms. The van der Waals surface area contributed by atoms with Gasteiger partial charge < -0.3 is 10.6 Å². The number of rotatable bonds is 7. The van der Waals surface area contributed by atoms with Gasteiger partial charge in [-0.1, -0.05) is 34.5 Å². The van der Waals surface area contributed by atoms with Crippen LogP contribution in [0.15, 0.2) is 53.0 Å². The van der Waals surface area contributed by atoms with Gasteiger partial charge in [-0.2, -0.15) is 0 Å². The molecule has 1 aliphatic rings. The van der Waals surface area contributed by atoms with E-state index in [-0.39, 0.29) is 22.8 Å². The third-order valence-electron chi connectivity index (χ3n) is 4.52. The van der Waals surface area contributed by atoms with Gasteiger partial charge in [0.15, 0.2) is 5.11 Å². The lowest BCUT2D eigenvalue weighted by atomic mass is 10.1. The van der Waals surface area contributed by atoms with E-state index in [1.165, 1.54) is 4.90 Å². The van der Waals surface area contributed by atoms with E-state index in [4.69, 9.17) is 12.2 Å². The first-order valence-electron chi connectivity index (χ1n) is 9.27. The summed E-state index contributed by atoms with van der Waals surface area (Å²) in [4.78, 5) is 37.9. The number of carbonyl (C=O) groups is 3. The van der Waals surface area contributed by atoms with E-state index in [1.54, 1.807) is 24.3 Å². The fourth-order valence-corrected chi connectivity index (χ4v) is 3.56. The molecule has 8 heteroatoms. The van der Waals surface area contributed by atoms with Gasteiger partial charge in [0.2, 0.25) is 5.91 Å². The Kier molecular flexibility index (Phi) is 7.11. The average molecular weight is 474 g/mol. The molecule has 2 aromatic rings. The number of unbranched alkanes of at least 4 members (excludes halogenated alkanes) is 2. The van der Waals surface area contributed by atoms with E-state index in [0.717, 1.165) is 16.6 Å². The Hall–Kier alpha value is -2.58. The van der Waals surface area contributed by atoms with Crippen LogP contribution in [0.1, 0.15) is 46.4 Å². The van der Waals surface area contributed by atoms with E-state index >= 15 is 0 Å². The summed E-state index contributed by atoms with van der Waals surface area (Å²) in [5, 5.41) is 5.86. The normalized spacial score (nSPS) is 12.7. The molecule has 150 valence electrons. The molecule has 0 unspecified atom stereocenters. The Morgan fingerprint density at radius 1 is 0.931 bits per heavy atom. The highest BCUT2D eigenvalue weighted by atomic mass is 79.9. The molecule has 0 aromatic heterocycles. The summed E-state index contributed by atoms with van der Waals surface area (Å²) in [6, 6.07) is 14.3. The second-order valence-corrected chi connectivity index (χ2v) is 7.95. The van der Waals surface area contributed by atoms with Crippen LogP contribution < -0.4 is 10.6 Å². The molecule has 0 aliphatic carbocycles. The van der Waals surface area contributed by atoms with Crippen LogP contribution in [0.4, 0.5) is 5.69 Å². The molecule has 6 nitrogen and oxygen atoms in total. The van der Waals surface area contributed by atoms with Gasteiger partial charge in [0.25, 0.3) is 11.8 Å². The zero-order valence-corrected chi connectivity index (χ0v) is 18.0. The molecule has 0 saturated carbocycles. The second-order valence-electron chi connectivity index (χ2n) is 6.63. The molecule has 2 aromatic carbocycles. The Balaban J connectivity index is 1.34. The van der Waals surface area contributed by atoms with E-state index in [1.807, 2.05) is 24.3 Å². The van der Waals surface area contributed by atoms with Crippen molar-refractivity contribution < 1.29 is 14.4 Å². The molecule has 2 N–H and O–H groups in total. The number of carbonyl (C=O) groups excluding carboxylic acids is 3. The van der Waals surface area contributed by atoms with Gasteiger partial charge in [-0.15, -0.1) is 0 Å². The maximum absolute atomic E-state index is 12.3. The van der Waals surface area contributed by atoms with Crippen molar-refractivity contribution in [2.75, 3.05) is 11.9 Å². The lowest BCUT2D eigenvalue weighted by molar-refractivity contribution is -0.119. The van der Waals surface area contributed by atoms with Crippen molar-refractivity contribution in [2.24, 2.45) is 0 Å². The number of nitrogens with one attached hydrogen (secondary N) is 2. The molecule has 0 radical (unpaired) electrons. The van der Waals surface area contributed by atoms with Crippen molar-refractivity contribution in [2.45, 2.75) is 25.7 Å². The summed E-state index contributed by atoms with van der Waals surface area (Å²) in [6.45, 7) is 0.359. The summed E-state index contributed by atoms with van der Waals surface area (Å²) in [5.74, 6) is -0.652. The van der Waals surface area contributed by atoms with Gasteiger partial charge in [0.1, 0.15) is 0 Å². The Bertz CT molecular complexity index is 911. The quantitative estimate of drug-likeness (QED) is 0.359. The highest BCUT2D eigenvalue weighted by Gasteiger charge is 2.34. The number of hydrogen-bond donors (Lipinski definition) is 2. The standard InChI is InChI=1S/C21H20BrN3O3S/c22-14-9-11-15(12-10-14)23-21(29)24-18(26)8-2-1-5-13-25-19(27)16-6-3-4-7-17(16)20(25)28/h3-4,6-7,9-12H,1-2,5,8,13H2,(H2,23,24,26,29). The summed E-state index contributed by atoms with van der Waals surface area (Å²) in [5.41, 5.74) is 1.71. The van der Waals surface area contributed by atoms with E-state index in [0.29, 0.717) is 36.9 Å². The van der Waals surface area contributed by atoms with Crippen LogP contribution in [0.5, 0.6) is 0 Å². The number of hydrogen-bond acceptors (Lipinski definition) is 4. The van der Waals surface area contributed by atoms with Gasteiger partial charge in [-0.25, -0.2) is 0 Å². The molecule has 0 spiro atoms. The minimum Gasteiger partial charge on any atom is -0.332 e. The highest BCUT2D eigenvalue weighted by molar-refractivity contribution is 9.10. The van der Waals surface area contributed by atoms with Crippen molar-refractivity contribution in [1.29, 1.82) is 0 Å². The highest BCUT2D eigenvalue weighted by Crippen LogP contribution is 2.22. The van der Waals surface area contributed by atoms with Crippen LogP contribution >= 0.6 is 28.1 Å². The fraction of sp³-hybridized carbons (Fsp3) is 0.238. The van der Waals surface area contributed by atoms with Crippen molar-refractivity contribution in [1.82, 2.24) is 10.2 Å². The number of imide groups is 1. The van der Waals surface area contributed by atoms with Crippen molar-refractivity contribution in [3.05, 3.63) is 64.1 Å². The Morgan fingerprint density at radius 2 is 1.55 bits per heavy atom. The predicted octanol–water partition coefficient (Wildman–Crippen LogP) is 4.12. The SMILES string of the molecule is O=C(CCCCCN1C(=O)c2ccccc2C1=O)NC(=S)Nc1ccc(Br)cc1. The van der Waals surface area contributed by atoms with E-state index in [2.05, 4.69) is 26.6 Å². The molecule has 3 rings (SSSR count). The van der Waals surface area contributed by atoms with Crippen LogP contribution in [0, 0.1) is 0 Å². The Labute approximate surface area is 182 Å². The third kappa shape index (κ3) is 5.48. The van der Waals surface area contributed by atoms with Gasteiger partial charge in [-0.05, 0) is 61.5 Å². The maximum Gasteiger partial charge on any atom is 0.261 e. The largest absolute Gasteiger partial charge is 0.332 e. The van der Waals surface area contributed by atoms with Gasteiger partial charge in [0.05, 0.1) is 11.1 Å². The number of thiocarbonyl (C=S) groups is 1. The summed E-state index contributed by atoms with van der Waals surface area (Å²) >= 11 is 8.50. The Morgan fingerprint density at radius 3 is 2.17 bits per heavy atom. The molecule has 0 fully saturated rings. The lowest BCUT2D eigenvalue weighted by Crippen LogP contribution is -2.34. The van der Waals surface area contributed by atoms with Gasteiger partial charge >= 0.3 is 0 Å². The molecule has 1 heterocycles. The van der Waals surface area contributed by atoms with Crippen molar-refractivity contribution in [3.63, 3.8) is 0 Å². The molecular formula is C21H20BrN3O3S. The maximum atomic E-state index is 12.3. The number of amides is 3. The average Bonchev–Trinajstić information content (AvgIpc) is 2.94. The predicted molar refractivity (Wildman–Crippen MR) is 119 cm³/mol.